The van der Waals surface area contributed by atoms with Gasteiger partial charge in [-0.25, -0.2) is 4.79 Å². The Morgan fingerprint density at radius 3 is 1.40 bits per heavy atom. The Labute approximate surface area is 80.0 Å². The summed E-state index contributed by atoms with van der Waals surface area (Å²) < 4.78 is 0. The van der Waals surface area contributed by atoms with Crippen molar-refractivity contribution in [3.05, 3.63) is 0 Å². The van der Waals surface area contributed by atoms with Gasteiger partial charge in [0, 0.05) is 6.92 Å². The Balaban J connectivity index is -0.0000000910. The second-order valence-electron chi connectivity index (χ2n) is 1.07. The molecule has 6 heteroatoms. The summed E-state index contributed by atoms with van der Waals surface area (Å²) in [6.45, 7) is 0.306. The molecule has 10 heavy (non-hydrogen) atoms. The van der Waals surface area contributed by atoms with Crippen molar-refractivity contribution in [3.63, 3.8) is 0 Å². The molecule has 0 radical (unpaired) electrons. The van der Waals surface area contributed by atoms with Crippen LogP contribution in [0.15, 0.2) is 0 Å². The van der Waals surface area contributed by atoms with E-state index in [1.165, 1.54) is 0 Å². The maximum atomic E-state index is 9.12. The molecule has 0 bridgehead atoms. The quantitative estimate of drug-likeness (QED) is 0.406. The second kappa shape index (κ2) is 11.7. The van der Waals surface area contributed by atoms with Crippen LogP contribution in [0.3, 0.4) is 0 Å². The van der Waals surface area contributed by atoms with Crippen LogP contribution in [0.1, 0.15) is 6.92 Å². The molecule has 0 atom stereocenters. The molecule has 0 aromatic carbocycles. The fraction of sp³-hybridized carbons (Fsp3) is 0.500. The van der Waals surface area contributed by atoms with Crippen molar-refractivity contribution in [2.24, 2.45) is 0 Å². The van der Waals surface area contributed by atoms with Gasteiger partial charge in [0.1, 0.15) is 6.61 Å². The van der Waals surface area contributed by atoms with E-state index in [9.17, 15) is 0 Å². The Hall–Kier alpha value is -0.100. The van der Waals surface area contributed by atoms with Crippen LogP contribution in [0.25, 0.3) is 0 Å². The molecule has 0 heterocycles. The molecule has 0 aromatic rings. The van der Waals surface area contributed by atoms with E-state index >= 15 is 0 Å². The Morgan fingerprint density at radius 1 is 1.30 bits per heavy atom. The van der Waals surface area contributed by atoms with Crippen LogP contribution in [0.4, 0.5) is 0 Å². The van der Waals surface area contributed by atoms with Crippen molar-refractivity contribution in [1.29, 1.82) is 0 Å². The van der Waals surface area contributed by atoms with Gasteiger partial charge in [-0.1, -0.05) is 0 Å². The average molecular weight is 160 g/mol. The molecule has 0 unspecified atom stereocenters. The van der Waals surface area contributed by atoms with E-state index in [0.717, 1.165) is 6.92 Å². The summed E-state index contributed by atoms with van der Waals surface area (Å²) in [6.07, 6.45) is 0. The van der Waals surface area contributed by atoms with Gasteiger partial charge < -0.3 is 15.3 Å². The first-order valence-electron chi connectivity index (χ1n) is 2.03. The van der Waals surface area contributed by atoms with Gasteiger partial charge in [0.15, 0.2) is 0 Å². The summed E-state index contributed by atoms with van der Waals surface area (Å²) in [7, 11) is 0. The number of carboxylic acid groups (broad SMARTS) is 2. The summed E-state index contributed by atoms with van der Waals surface area (Å²) in [5.41, 5.74) is 0. The Kier molecular flexibility index (Phi) is 19.2. The number of hydrogen-bond donors (Lipinski definition) is 3. The summed E-state index contributed by atoms with van der Waals surface area (Å²) in [4.78, 5) is 18.1. The molecule has 0 aliphatic carbocycles. The summed E-state index contributed by atoms with van der Waals surface area (Å²) in [6, 6.07) is 0. The molecular weight excluding hydrogens is 151 g/mol. The summed E-state index contributed by atoms with van der Waals surface area (Å²) in [5, 5.41) is 22.4. The van der Waals surface area contributed by atoms with Gasteiger partial charge in [-0.15, -0.1) is 0 Å². The van der Waals surface area contributed by atoms with E-state index in [0.29, 0.717) is 0 Å². The van der Waals surface area contributed by atoms with E-state index < -0.39 is 18.5 Å². The van der Waals surface area contributed by atoms with Crippen LogP contribution in [-0.4, -0.2) is 63.4 Å². The van der Waals surface area contributed by atoms with E-state index in [1.807, 2.05) is 0 Å². The van der Waals surface area contributed by atoms with Crippen LogP contribution in [0.2, 0.25) is 0 Å². The first-order chi connectivity index (χ1) is 4.00. The van der Waals surface area contributed by atoms with Crippen molar-refractivity contribution >= 4 is 41.5 Å². The SMILES string of the molecule is CC(=O)O.O=C(O)CO.[NaH]. The minimum atomic E-state index is -1.19. The molecule has 0 spiro atoms. The van der Waals surface area contributed by atoms with Gasteiger partial charge in [-0.05, 0) is 0 Å². The third-order valence-electron chi connectivity index (χ3n) is 0.135. The zero-order valence-electron chi connectivity index (χ0n) is 4.87. The number of aliphatic carboxylic acids is 2. The number of aliphatic hydroxyl groups is 1. The summed E-state index contributed by atoms with van der Waals surface area (Å²) in [5.74, 6) is -2.02. The fourth-order valence-electron chi connectivity index (χ4n) is 0. The Morgan fingerprint density at radius 2 is 1.40 bits per heavy atom. The first-order valence-corrected chi connectivity index (χ1v) is 2.03. The second-order valence-corrected chi connectivity index (χ2v) is 1.07. The van der Waals surface area contributed by atoms with E-state index in [-0.39, 0.29) is 29.6 Å². The zero-order chi connectivity index (χ0) is 7.86. The minimum absolute atomic E-state index is 0. The molecule has 0 fully saturated rings. The normalized spacial score (nSPS) is 6.20. The molecular formula is C4H9NaO5. The third-order valence-corrected chi connectivity index (χ3v) is 0.135. The van der Waals surface area contributed by atoms with Gasteiger partial charge in [-0.3, -0.25) is 4.79 Å². The van der Waals surface area contributed by atoms with Crippen molar-refractivity contribution in [1.82, 2.24) is 0 Å². The van der Waals surface area contributed by atoms with Gasteiger partial charge in [0.25, 0.3) is 5.97 Å². The number of hydrogen-bond acceptors (Lipinski definition) is 3. The number of carbonyl (C=O) groups is 2. The number of carboxylic acids is 2. The molecule has 5 nitrogen and oxygen atoms in total. The van der Waals surface area contributed by atoms with Crippen LogP contribution in [0, 0.1) is 0 Å². The molecule has 0 aliphatic rings. The molecule has 56 valence electrons. The van der Waals surface area contributed by atoms with E-state index in [1.54, 1.807) is 0 Å². The van der Waals surface area contributed by atoms with E-state index in [4.69, 9.17) is 24.9 Å². The van der Waals surface area contributed by atoms with Gasteiger partial charge >= 0.3 is 35.5 Å². The van der Waals surface area contributed by atoms with Crippen molar-refractivity contribution in [2.45, 2.75) is 6.92 Å². The first kappa shape index (κ1) is 16.5. The predicted octanol–water partition coefficient (Wildman–Crippen LogP) is -1.49. The topological polar surface area (TPSA) is 94.8 Å². The predicted molar refractivity (Wildman–Crippen MR) is 35.2 cm³/mol. The van der Waals surface area contributed by atoms with Crippen LogP contribution >= 0.6 is 0 Å². The van der Waals surface area contributed by atoms with Crippen LogP contribution in [-0.2, 0) is 9.59 Å². The fourth-order valence-corrected chi connectivity index (χ4v) is 0. The molecule has 0 aliphatic heterocycles. The van der Waals surface area contributed by atoms with Gasteiger partial charge in [-0.2, -0.15) is 0 Å². The Bertz CT molecular complexity index is 97.8. The molecule has 3 N–H and O–H groups in total. The molecule has 0 rings (SSSR count). The van der Waals surface area contributed by atoms with Crippen LogP contribution < -0.4 is 0 Å². The van der Waals surface area contributed by atoms with Crippen molar-refractivity contribution < 1.29 is 24.9 Å². The standard InChI is InChI=1S/C2H4O3.C2H4O2.Na.H/c3-1-2(4)5;1-2(3)4;;/h3H,1H2,(H,4,5);1H3,(H,3,4);;. The molecule has 0 saturated carbocycles. The molecule has 0 amide bonds. The van der Waals surface area contributed by atoms with Gasteiger partial charge in [0.2, 0.25) is 0 Å². The van der Waals surface area contributed by atoms with Crippen molar-refractivity contribution in [3.8, 4) is 0 Å². The number of aliphatic hydroxyl groups excluding tert-OH is 1. The number of rotatable bonds is 1. The summed E-state index contributed by atoms with van der Waals surface area (Å²) >= 11 is 0. The van der Waals surface area contributed by atoms with E-state index in [2.05, 4.69) is 0 Å². The molecule has 0 aromatic heterocycles. The third kappa shape index (κ3) is 104. The maximum absolute atomic E-state index is 9.12. The van der Waals surface area contributed by atoms with Gasteiger partial charge in [0.05, 0.1) is 0 Å². The van der Waals surface area contributed by atoms with Crippen LogP contribution in [0.5, 0.6) is 0 Å². The monoisotopic (exact) mass is 160 g/mol. The molecule has 0 saturated heterocycles. The average Bonchev–Trinajstić information content (AvgIpc) is 1.65. The van der Waals surface area contributed by atoms with Crippen molar-refractivity contribution in [2.75, 3.05) is 6.61 Å². The zero-order valence-corrected chi connectivity index (χ0v) is 4.87.